The van der Waals surface area contributed by atoms with E-state index in [-0.39, 0.29) is 11.9 Å². The Bertz CT molecular complexity index is 744. The molecular weight excluding hydrogens is 322 g/mol. The first kappa shape index (κ1) is 17.5. The fourth-order valence-corrected chi connectivity index (χ4v) is 6.21. The lowest BCUT2D eigenvalue weighted by Gasteiger charge is -2.30. The Balaban J connectivity index is 1.99. The third kappa shape index (κ3) is 2.87. The summed E-state index contributed by atoms with van der Waals surface area (Å²) < 4.78 is 25.7. The average Bonchev–Trinajstić information content (AvgIpc) is 3.25. The van der Waals surface area contributed by atoms with Crippen LogP contribution in [0.15, 0.2) is 23.1 Å². The van der Waals surface area contributed by atoms with Gasteiger partial charge in [-0.3, -0.25) is 4.79 Å². The van der Waals surface area contributed by atoms with E-state index in [1.165, 1.54) is 0 Å². The molecule has 0 heterocycles. The van der Waals surface area contributed by atoms with Crippen molar-refractivity contribution in [3.63, 3.8) is 0 Å². The molecule has 1 aromatic carbocycles. The highest BCUT2D eigenvalue weighted by molar-refractivity contribution is 7.93. The van der Waals surface area contributed by atoms with Crippen molar-refractivity contribution in [2.45, 2.75) is 75.0 Å². The van der Waals surface area contributed by atoms with Gasteiger partial charge in [0.1, 0.15) is 0 Å². The van der Waals surface area contributed by atoms with Crippen LogP contribution in [-0.4, -0.2) is 25.1 Å². The number of benzene rings is 1. The molecule has 24 heavy (non-hydrogen) atoms. The van der Waals surface area contributed by atoms with Gasteiger partial charge in [-0.25, -0.2) is 8.42 Å². The first-order valence-electron chi connectivity index (χ1n) is 8.91. The average molecular weight is 349 g/mol. The summed E-state index contributed by atoms with van der Waals surface area (Å²) in [5, 5.41) is 3.02. The highest BCUT2D eigenvalue weighted by Crippen LogP contribution is 2.42. The lowest BCUT2D eigenvalue weighted by atomic mass is 10.1. The van der Waals surface area contributed by atoms with Crippen LogP contribution in [0.25, 0.3) is 0 Å². The Morgan fingerprint density at radius 3 is 2.42 bits per heavy atom. The first-order valence-corrected chi connectivity index (χ1v) is 10.4. The van der Waals surface area contributed by atoms with Crippen molar-refractivity contribution in [2.24, 2.45) is 5.92 Å². The highest BCUT2D eigenvalue weighted by Gasteiger charge is 2.53. The van der Waals surface area contributed by atoms with Crippen LogP contribution in [0.1, 0.15) is 56.6 Å². The summed E-state index contributed by atoms with van der Waals surface area (Å²) in [7, 11) is -3.72. The number of hydrogen-bond donors (Lipinski definition) is 1. The molecule has 2 fully saturated rings. The number of carbonyl (C=O) groups is 1. The van der Waals surface area contributed by atoms with Gasteiger partial charge in [-0.1, -0.05) is 25.0 Å². The first-order chi connectivity index (χ1) is 11.3. The molecule has 3 rings (SSSR count). The summed E-state index contributed by atoms with van der Waals surface area (Å²) in [4.78, 5) is 13.4. The van der Waals surface area contributed by atoms with Crippen LogP contribution in [0, 0.1) is 19.8 Å². The Morgan fingerprint density at radius 1 is 1.21 bits per heavy atom. The summed E-state index contributed by atoms with van der Waals surface area (Å²) in [5.74, 6) is 0.219. The monoisotopic (exact) mass is 349 g/mol. The van der Waals surface area contributed by atoms with E-state index < -0.39 is 14.6 Å². The van der Waals surface area contributed by atoms with Gasteiger partial charge in [-0.15, -0.1) is 0 Å². The molecule has 0 saturated heterocycles. The number of rotatable bonds is 5. The van der Waals surface area contributed by atoms with Crippen molar-refractivity contribution in [3.8, 4) is 0 Å². The Hall–Kier alpha value is -1.36. The van der Waals surface area contributed by atoms with Crippen LogP contribution in [0.3, 0.4) is 0 Å². The number of nitrogens with one attached hydrogen (secondary N) is 1. The summed E-state index contributed by atoms with van der Waals surface area (Å²) in [5.41, 5.74) is 1.62. The predicted octanol–water partition coefficient (Wildman–Crippen LogP) is 3.30. The molecule has 2 aliphatic rings. The summed E-state index contributed by atoms with van der Waals surface area (Å²) in [6.45, 7) is 5.68. The number of amides is 1. The molecule has 1 N–H and O–H groups in total. The lowest BCUT2D eigenvalue weighted by molar-refractivity contribution is -0.124. The second-order valence-electron chi connectivity index (χ2n) is 7.57. The highest BCUT2D eigenvalue weighted by atomic mass is 32.2. The summed E-state index contributed by atoms with van der Waals surface area (Å²) >= 11 is 0. The van der Waals surface area contributed by atoms with E-state index in [9.17, 15) is 13.2 Å². The molecule has 132 valence electrons. The number of carbonyl (C=O) groups excluding carboxylic acids is 1. The van der Waals surface area contributed by atoms with Gasteiger partial charge in [0.25, 0.3) is 0 Å². The second-order valence-corrected chi connectivity index (χ2v) is 9.80. The number of aryl methyl sites for hydroxylation is 2. The minimum absolute atomic E-state index is 0.0591. The number of sulfone groups is 1. The molecule has 0 aromatic heterocycles. The molecule has 1 atom stereocenters. The van der Waals surface area contributed by atoms with Crippen LogP contribution in [0.4, 0.5) is 0 Å². The molecule has 5 heteroatoms. The van der Waals surface area contributed by atoms with Gasteiger partial charge in [0, 0.05) is 6.04 Å². The molecule has 2 aliphatic carbocycles. The van der Waals surface area contributed by atoms with Crippen molar-refractivity contribution in [3.05, 3.63) is 29.3 Å². The fraction of sp³-hybridized carbons (Fsp3) is 0.632. The maximum Gasteiger partial charge on any atom is 0.242 e. The third-order valence-corrected chi connectivity index (χ3v) is 8.30. The standard InChI is InChI=1S/C19H27NO3S/c1-13-6-7-14(2)17(12-13)24(22,23)19(10-4-5-11-19)18(21)20-15(3)16-8-9-16/h6-7,12,15-16H,4-5,8-11H2,1-3H3,(H,20,21). The van der Waals surface area contributed by atoms with Crippen molar-refractivity contribution in [2.75, 3.05) is 0 Å². The largest absolute Gasteiger partial charge is 0.352 e. The molecule has 1 aromatic rings. The third-order valence-electron chi connectivity index (χ3n) is 5.66. The van der Waals surface area contributed by atoms with Gasteiger partial charge in [0.15, 0.2) is 14.6 Å². The molecule has 0 spiro atoms. The van der Waals surface area contributed by atoms with Gasteiger partial charge >= 0.3 is 0 Å². The van der Waals surface area contributed by atoms with E-state index >= 15 is 0 Å². The van der Waals surface area contributed by atoms with E-state index in [1.807, 2.05) is 26.0 Å². The molecule has 0 bridgehead atoms. The maximum atomic E-state index is 13.5. The van der Waals surface area contributed by atoms with E-state index in [2.05, 4.69) is 5.32 Å². The Kier molecular flexibility index (Phi) is 4.49. The minimum atomic E-state index is -3.72. The van der Waals surface area contributed by atoms with Crippen molar-refractivity contribution in [1.29, 1.82) is 0 Å². The van der Waals surface area contributed by atoms with Crippen molar-refractivity contribution < 1.29 is 13.2 Å². The maximum absolute atomic E-state index is 13.5. The van der Waals surface area contributed by atoms with Gasteiger partial charge in [0.05, 0.1) is 4.90 Å². The SMILES string of the molecule is Cc1ccc(C)c(S(=O)(=O)C2(C(=O)NC(C)C3CC3)CCCC2)c1. The van der Waals surface area contributed by atoms with Gasteiger partial charge in [-0.2, -0.15) is 0 Å². The van der Waals surface area contributed by atoms with Crippen LogP contribution >= 0.6 is 0 Å². The zero-order valence-electron chi connectivity index (χ0n) is 14.8. The lowest BCUT2D eigenvalue weighted by Crippen LogP contribution is -2.53. The predicted molar refractivity (Wildman–Crippen MR) is 94.6 cm³/mol. The van der Waals surface area contributed by atoms with Crippen LogP contribution < -0.4 is 5.32 Å². The molecule has 1 amide bonds. The normalized spacial score (nSPS) is 21.5. The van der Waals surface area contributed by atoms with Gasteiger partial charge in [-0.05, 0) is 69.6 Å². The molecular formula is C19H27NO3S. The molecule has 0 radical (unpaired) electrons. The minimum Gasteiger partial charge on any atom is -0.352 e. The fourth-order valence-electron chi connectivity index (χ4n) is 3.82. The van der Waals surface area contributed by atoms with Crippen molar-refractivity contribution >= 4 is 15.7 Å². The topological polar surface area (TPSA) is 63.2 Å². The summed E-state index contributed by atoms with van der Waals surface area (Å²) in [6.07, 6.45) is 4.67. The quantitative estimate of drug-likeness (QED) is 0.887. The smallest absolute Gasteiger partial charge is 0.242 e. The van der Waals surface area contributed by atoms with Crippen LogP contribution in [0.5, 0.6) is 0 Å². The van der Waals surface area contributed by atoms with E-state index in [0.29, 0.717) is 23.7 Å². The van der Waals surface area contributed by atoms with Gasteiger partial charge in [0.2, 0.25) is 5.91 Å². The van der Waals surface area contributed by atoms with E-state index in [1.54, 1.807) is 13.0 Å². The summed E-state index contributed by atoms with van der Waals surface area (Å²) in [6, 6.07) is 5.51. The van der Waals surface area contributed by atoms with Gasteiger partial charge < -0.3 is 5.32 Å². The second kappa shape index (κ2) is 6.17. The number of hydrogen-bond acceptors (Lipinski definition) is 3. The molecule has 4 nitrogen and oxygen atoms in total. The Morgan fingerprint density at radius 2 is 1.83 bits per heavy atom. The zero-order chi connectivity index (χ0) is 17.5. The van der Waals surface area contributed by atoms with E-state index in [4.69, 9.17) is 0 Å². The molecule has 2 saturated carbocycles. The Labute approximate surface area is 145 Å². The van der Waals surface area contributed by atoms with Crippen LogP contribution in [-0.2, 0) is 14.6 Å². The van der Waals surface area contributed by atoms with Crippen LogP contribution in [0.2, 0.25) is 0 Å². The van der Waals surface area contributed by atoms with Crippen molar-refractivity contribution in [1.82, 2.24) is 5.32 Å². The zero-order valence-corrected chi connectivity index (χ0v) is 15.6. The van der Waals surface area contributed by atoms with E-state index in [0.717, 1.165) is 36.8 Å². The molecule has 0 aliphatic heterocycles. The molecule has 1 unspecified atom stereocenters.